The minimum atomic E-state index is -3.65. The van der Waals surface area contributed by atoms with Crippen LogP contribution in [0.25, 0.3) is 5.57 Å². The van der Waals surface area contributed by atoms with Crippen LogP contribution in [0.3, 0.4) is 0 Å². The van der Waals surface area contributed by atoms with Gasteiger partial charge in [0.05, 0.1) is 21.8 Å². The number of anilines is 2. The van der Waals surface area contributed by atoms with E-state index in [9.17, 15) is 8.42 Å². The first-order valence-corrected chi connectivity index (χ1v) is 9.24. The Labute approximate surface area is 142 Å². The number of pyridine rings is 1. The number of fused-ring (bicyclic) bond motifs is 1. The van der Waals surface area contributed by atoms with Crippen molar-refractivity contribution < 1.29 is 8.42 Å². The predicted molar refractivity (Wildman–Crippen MR) is 97.6 cm³/mol. The molecule has 1 aromatic heterocycles. The maximum Gasteiger partial charge on any atom is 0.263 e. The fourth-order valence-corrected chi connectivity index (χ4v) is 3.95. The summed E-state index contributed by atoms with van der Waals surface area (Å²) in [5, 5.41) is 3.44. The molecule has 2 heterocycles. The van der Waals surface area contributed by atoms with E-state index in [1.165, 1.54) is 0 Å². The van der Waals surface area contributed by atoms with Crippen molar-refractivity contribution in [2.75, 3.05) is 10.0 Å². The maximum absolute atomic E-state index is 12.5. The van der Waals surface area contributed by atoms with Crippen LogP contribution in [0.4, 0.5) is 11.5 Å². The SMILES string of the molecule is CC1=CC(C)(C)Nc2c(C)cc(NS(=O)(=O)c3ccccc3)nc21. The Morgan fingerprint density at radius 1 is 1.12 bits per heavy atom. The number of benzene rings is 1. The van der Waals surface area contributed by atoms with Crippen molar-refractivity contribution in [1.82, 2.24) is 4.98 Å². The number of nitrogens with zero attached hydrogens (tertiary/aromatic N) is 1. The highest BCUT2D eigenvalue weighted by Gasteiger charge is 2.26. The van der Waals surface area contributed by atoms with Gasteiger partial charge >= 0.3 is 0 Å². The number of nitrogens with one attached hydrogen (secondary N) is 2. The van der Waals surface area contributed by atoms with Crippen molar-refractivity contribution in [2.45, 2.75) is 38.1 Å². The number of aryl methyl sites for hydroxylation is 1. The van der Waals surface area contributed by atoms with Gasteiger partial charge in [-0.1, -0.05) is 24.3 Å². The van der Waals surface area contributed by atoms with Gasteiger partial charge in [0.15, 0.2) is 0 Å². The molecule has 5 nitrogen and oxygen atoms in total. The molecule has 1 aromatic carbocycles. The Kier molecular flexibility index (Phi) is 3.87. The molecule has 6 heteroatoms. The van der Waals surface area contributed by atoms with E-state index in [-0.39, 0.29) is 10.4 Å². The van der Waals surface area contributed by atoms with E-state index in [2.05, 4.69) is 34.9 Å². The summed E-state index contributed by atoms with van der Waals surface area (Å²) in [6.07, 6.45) is 2.09. The van der Waals surface area contributed by atoms with E-state index in [4.69, 9.17) is 0 Å². The van der Waals surface area contributed by atoms with Gasteiger partial charge in [-0.3, -0.25) is 4.72 Å². The van der Waals surface area contributed by atoms with Crippen molar-refractivity contribution in [3.05, 3.63) is 53.7 Å². The Bertz CT molecular complexity index is 917. The van der Waals surface area contributed by atoms with Gasteiger partial charge in [-0.15, -0.1) is 0 Å². The summed E-state index contributed by atoms with van der Waals surface area (Å²) in [6, 6.07) is 10.0. The first-order valence-electron chi connectivity index (χ1n) is 7.75. The molecule has 3 rings (SSSR count). The molecule has 1 aliphatic heterocycles. The van der Waals surface area contributed by atoms with Crippen LogP contribution in [0.5, 0.6) is 0 Å². The molecule has 0 bridgehead atoms. The van der Waals surface area contributed by atoms with Crippen molar-refractivity contribution in [3.63, 3.8) is 0 Å². The average Bonchev–Trinajstić information content (AvgIpc) is 2.48. The van der Waals surface area contributed by atoms with Crippen LogP contribution in [-0.2, 0) is 10.0 Å². The zero-order chi connectivity index (χ0) is 17.5. The lowest BCUT2D eigenvalue weighted by molar-refractivity contribution is 0.601. The van der Waals surface area contributed by atoms with E-state index in [0.29, 0.717) is 5.82 Å². The molecular formula is C18H21N3O2S. The van der Waals surface area contributed by atoms with Crippen molar-refractivity contribution in [1.29, 1.82) is 0 Å². The fourth-order valence-electron chi connectivity index (χ4n) is 2.93. The molecule has 0 fully saturated rings. The van der Waals surface area contributed by atoms with Crippen molar-refractivity contribution in [2.24, 2.45) is 0 Å². The van der Waals surface area contributed by atoms with Crippen LogP contribution in [0.2, 0.25) is 0 Å². The summed E-state index contributed by atoms with van der Waals surface area (Å²) in [4.78, 5) is 4.73. The number of hydrogen-bond acceptors (Lipinski definition) is 4. The first kappa shape index (κ1) is 16.5. The minimum Gasteiger partial charge on any atom is -0.375 e. The van der Waals surface area contributed by atoms with Crippen LogP contribution >= 0.6 is 0 Å². The van der Waals surface area contributed by atoms with Gasteiger partial charge in [0.1, 0.15) is 5.82 Å². The lowest BCUT2D eigenvalue weighted by Crippen LogP contribution is -2.32. The van der Waals surface area contributed by atoms with Crippen LogP contribution in [0, 0.1) is 6.92 Å². The molecule has 24 heavy (non-hydrogen) atoms. The quantitative estimate of drug-likeness (QED) is 0.889. The third kappa shape index (κ3) is 3.14. The van der Waals surface area contributed by atoms with Crippen molar-refractivity contribution >= 4 is 27.1 Å². The molecule has 0 spiro atoms. The molecular weight excluding hydrogens is 322 g/mol. The summed E-state index contributed by atoms with van der Waals surface area (Å²) < 4.78 is 27.5. The minimum absolute atomic E-state index is 0.158. The van der Waals surface area contributed by atoms with Crippen LogP contribution < -0.4 is 10.0 Å². The smallest absolute Gasteiger partial charge is 0.263 e. The largest absolute Gasteiger partial charge is 0.375 e. The Hall–Kier alpha value is -2.34. The van der Waals surface area contributed by atoms with Crippen LogP contribution in [-0.4, -0.2) is 18.9 Å². The maximum atomic E-state index is 12.5. The molecule has 1 aliphatic rings. The van der Waals surface area contributed by atoms with Crippen LogP contribution in [0.1, 0.15) is 32.0 Å². The molecule has 2 aromatic rings. The Morgan fingerprint density at radius 2 is 1.79 bits per heavy atom. The normalized spacial score (nSPS) is 15.9. The van der Waals surface area contributed by atoms with Gasteiger partial charge in [0.25, 0.3) is 10.0 Å². The molecule has 0 saturated carbocycles. The van der Waals surface area contributed by atoms with E-state index >= 15 is 0 Å². The van der Waals surface area contributed by atoms with Gasteiger partial charge in [0.2, 0.25) is 0 Å². The predicted octanol–water partition coefficient (Wildman–Crippen LogP) is 3.80. The summed E-state index contributed by atoms with van der Waals surface area (Å²) in [6.45, 7) is 8.11. The van der Waals surface area contributed by atoms with Gasteiger partial charge in [-0.25, -0.2) is 13.4 Å². The van der Waals surface area contributed by atoms with Gasteiger partial charge in [-0.2, -0.15) is 0 Å². The summed E-state index contributed by atoms with van der Waals surface area (Å²) in [5.74, 6) is 0.323. The number of hydrogen-bond donors (Lipinski definition) is 2. The molecule has 0 atom stereocenters. The van der Waals surface area contributed by atoms with Gasteiger partial charge < -0.3 is 5.32 Å². The van der Waals surface area contributed by atoms with Gasteiger partial charge in [-0.05, 0) is 57.0 Å². The molecule has 0 unspecified atom stereocenters. The second-order valence-electron chi connectivity index (χ2n) is 6.64. The standard InChI is InChI=1S/C18H21N3O2S/c1-12-10-15(21-24(22,23)14-8-6-5-7-9-14)19-16-13(2)11-18(3,4)20-17(12)16/h5-11,20H,1-4H3,(H,19,21). The average molecular weight is 343 g/mol. The van der Waals surface area contributed by atoms with E-state index in [1.807, 2.05) is 13.8 Å². The molecule has 0 radical (unpaired) electrons. The fraction of sp³-hybridized carbons (Fsp3) is 0.278. The van der Waals surface area contributed by atoms with Crippen molar-refractivity contribution in [3.8, 4) is 0 Å². The number of allylic oxidation sites excluding steroid dienone is 1. The molecule has 0 amide bonds. The Morgan fingerprint density at radius 3 is 2.46 bits per heavy atom. The Balaban J connectivity index is 2.01. The monoisotopic (exact) mass is 343 g/mol. The van der Waals surface area contributed by atoms with E-state index in [0.717, 1.165) is 22.5 Å². The number of rotatable bonds is 3. The topological polar surface area (TPSA) is 71.1 Å². The van der Waals surface area contributed by atoms with E-state index in [1.54, 1.807) is 36.4 Å². The highest BCUT2D eigenvalue weighted by molar-refractivity contribution is 7.92. The lowest BCUT2D eigenvalue weighted by atomic mass is 9.93. The van der Waals surface area contributed by atoms with E-state index < -0.39 is 10.0 Å². The summed E-state index contributed by atoms with van der Waals surface area (Å²) >= 11 is 0. The molecule has 0 aliphatic carbocycles. The molecule has 0 saturated heterocycles. The second-order valence-corrected chi connectivity index (χ2v) is 8.32. The number of sulfonamides is 1. The lowest BCUT2D eigenvalue weighted by Gasteiger charge is -2.32. The first-order chi connectivity index (χ1) is 11.2. The molecule has 2 N–H and O–H groups in total. The summed E-state index contributed by atoms with van der Waals surface area (Å²) in [7, 11) is -3.65. The zero-order valence-corrected chi connectivity index (χ0v) is 15.0. The third-order valence-electron chi connectivity index (χ3n) is 3.91. The highest BCUT2D eigenvalue weighted by Crippen LogP contribution is 2.36. The second kappa shape index (κ2) is 5.63. The zero-order valence-electron chi connectivity index (χ0n) is 14.2. The van der Waals surface area contributed by atoms with Gasteiger partial charge in [0, 0.05) is 0 Å². The van der Waals surface area contributed by atoms with Crippen LogP contribution in [0.15, 0.2) is 47.4 Å². The molecule has 126 valence electrons. The number of aromatic nitrogens is 1. The summed E-state index contributed by atoms with van der Waals surface area (Å²) in [5.41, 5.74) is 3.54. The third-order valence-corrected chi connectivity index (χ3v) is 5.28. The highest BCUT2D eigenvalue weighted by atomic mass is 32.2.